The molecule has 0 aliphatic rings. The second-order valence-corrected chi connectivity index (χ2v) is 3.54. The molecule has 0 radical (unpaired) electrons. The molecule has 1 atom stereocenters. The molecule has 16 heavy (non-hydrogen) atoms. The van der Waals surface area contributed by atoms with E-state index in [2.05, 4.69) is 4.98 Å². The Kier molecular flexibility index (Phi) is 4.92. The van der Waals surface area contributed by atoms with Crippen molar-refractivity contribution in [2.75, 3.05) is 12.3 Å². The molecule has 4 nitrogen and oxygen atoms in total. The van der Waals surface area contributed by atoms with Crippen LogP contribution in [0.4, 0.5) is 5.82 Å². The first-order valence-corrected chi connectivity index (χ1v) is 5.52. The van der Waals surface area contributed by atoms with Gasteiger partial charge in [-0.25, -0.2) is 4.98 Å². The van der Waals surface area contributed by atoms with Crippen molar-refractivity contribution in [3.05, 3.63) is 23.9 Å². The fourth-order valence-corrected chi connectivity index (χ4v) is 1.54. The summed E-state index contributed by atoms with van der Waals surface area (Å²) >= 11 is 0. The lowest BCUT2D eigenvalue weighted by atomic mass is 10.0. The molecule has 0 fully saturated rings. The maximum Gasteiger partial charge on any atom is 0.166 e. The van der Waals surface area contributed by atoms with Crippen LogP contribution in [0.1, 0.15) is 25.8 Å². The molecule has 0 aliphatic heterocycles. The van der Waals surface area contributed by atoms with Gasteiger partial charge in [0.05, 0.1) is 0 Å². The summed E-state index contributed by atoms with van der Waals surface area (Å²) < 4.78 is 5.35. The molecule has 0 saturated heterocycles. The molecule has 4 heteroatoms. The summed E-state index contributed by atoms with van der Waals surface area (Å²) in [5.41, 5.74) is 6.45. The van der Waals surface area contributed by atoms with Gasteiger partial charge in [-0.2, -0.15) is 0 Å². The van der Waals surface area contributed by atoms with Crippen LogP contribution in [0.3, 0.4) is 0 Å². The molecular formula is C12H18N2O2. The van der Waals surface area contributed by atoms with Crippen LogP contribution in [0.2, 0.25) is 0 Å². The summed E-state index contributed by atoms with van der Waals surface area (Å²) in [7, 11) is 0. The third-order valence-corrected chi connectivity index (χ3v) is 2.39. The number of nitrogens with zero attached hydrogens (tertiary/aromatic N) is 1. The molecule has 1 aromatic heterocycles. The van der Waals surface area contributed by atoms with Crippen molar-refractivity contribution in [3.63, 3.8) is 0 Å². The first-order chi connectivity index (χ1) is 7.69. The summed E-state index contributed by atoms with van der Waals surface area (Å²) in [6, 6.07) is 3.60. The first kappa shape index (κ1) is 12.6. The van der Waals surface area contributed by atoms with E-state index < -0.39 is 0 Å². The number of rotatable bonds is 6. The summed E-state index contributed by atoms with van der Waals surface area (Å²) in [5.74, 6) is 0.478. The Bertz CT molecular complexity index is 353. The Balaban J connectivity index is 2.66. The molecule has 0 spiro atoms. The number of ether oxygens (including phenoxy) is 1. The van der Waals surface area contributed by atoms with Crippen LogP contribution in [0, 0.1) is 0 Å². The van der Waals surface area contributed by atoms with E-state index in [0.717, 1.165) is 5.56 Å². The third kappa shape index (κ3) is 3.31. The minimum absolute atomic E-state index is 0.0593. The first-order valence-electron chi connectivity index (χ1n) is 5.52. The van der Waals surface area contributed by atoms with E-state index in [1.54, 1.807) is 12.3 Å². The second kappa shape index (κ2) is 6.23. The number of Topliss-reactive ketones (excluding diaryl/α,β-unsaturated/α-hetero) is 1. The van der Waals surface area contributed by atoms with E-state index in [4.69, 9.17) is 10.5 Å². The van der Waals surface area contributed by atoms with Crippen molar-refractivity contribution in [1.82, 2.24) is 4.98 Å². The Morgan fingerprint density at radius 2 is 2.31 bits per heavy atom. The molecule has 2 N–H and O–H groups in total. The van der Waals surface area contributed by atoms with Gasteiger partial charge in [-0.3, -0.25) is 4.79 Å². The van der Waals surface area contributed by atoms with E-state index >= 15 is 0 Å². The number of nitrogen functional groups attached to an aromatic ring is 1. The molecule has 0 amide bonds. The molecule has 0 aliphatic carbocycles. The Labute approximate surface area is 95.8 Å². The molecule has 1 rings (SSSR count). The predicted octanol–water partition coefficient (Wildman–Crippen LogP) is 1.59. The van der Waals surface area contributed by atoms with Crippen molar-refractivity contribution < 1.29 is 9.53 Å². The molecule has 1 unspecified atom stereocenters. The maximum atomic E-state index is 11.9. The highest BCUT2D eigenvalue weighted by Crippen LogP contribution is 2.11. The number of hydrogen-bond donors (Lipinski definition) is 1. The van der Waals surface area contributed by atoms with Crippen molar-refractivity contribution in [2.45, 2.75) is 32.8 Å². The number of nitrogens with two attached hydrogens (primary N) is 1. The highest BCUT2D eigenvalue weighted by atomic mass is 16.5. The smallest absolute Gasteiger partial charge is 0.166 e. The van der Waals surface area contributed by atoms with Crippen molar-refractivity contribution in [2.24, 2.45) is 0 Å². The van der Waals surface area contributed by atoms with Crippen LogP contribution >= 0.6 is 0 Å². The average molecular weight is 222 g/mol. The van der Waals surface area contributed by atoms with Gasteiger partial charge in [-0.15, -0.1) is 0 Å². The molecule has 0 bridgehead atoms. The van der Waals surface area contributed by atoms with E-state index in [-0.39, 0.29) is 18.3 Å². The molecule has 0 saturated carbocycles. The predicted molar refractivity (Wildman–Crippen MR) is 63.1 cm³/mol. The van der Waals surface area contributed by atoms with Gasteiger partial charge in [0.1, 0.15) is 11.9 Å². The number of carbonyl (C=O) groups is 1. The number of pyridine rings is 1. The SMILES string of the molecule is CCOC(CC)C(=O)Cc1cccnc1N. The normalized spacial score (nSPS) is 12.4. The minimum Gasteiger partial charge on any atom is -0.383 e. The summed E-state index contributed by atoms with van der Waals surface area (Å²) in [6.07, 6.45) is 2.26. The fraction of sp³-hybridized carbons (Fsp3) is 0.500. The Hall–Kier alpha value is -1.42. The van der Waals surface area contributed by atoms with E-state index in [1.165, 1.54) is 0 Å². The van der Waals surface area contributed by atoms with Crippen LogP contribution in [-0.4, -0.2) is 23.5 Å². The standard InChI is InChI=1S/C12H18N2O2/c1-3-11(16-4-2)10(15)8-9-6-5-7-14-12(9)13/h5-7,11H,3-4,8H2,1-2H3,(H2,13,14). The monoisotopic (exact) mass is 222 g/mol. The van der Waals surface area contributed by atoms with Gasteiger partial charge in [-0.05, 0) is 19.4 Å². The highest BCUT2D eigenvalue weighted by Gasteiger charge is 2.17. The third-order valence-electron chi connectivity index (χ3n) is 2.39. The quantitative estimate of drug-likeness (QED) is 0.793. The van der Waals surface area contributed by atoms with Gasteiger partial charge in [0, 0.05) is 24.8 Å². The van der Waals surface area contributed by atoms with Gasteiger partial charge in [0.2, 0.25) is 0 Å². The molecule has 0 aromatic carbocycles. The van der Waals surface area contributed by atoms with Crippen LogP contribution in [-0.2, 0) is 16.0 Å². The minimum atomic E-state index is -0.329. The van der Waals surface area contributed by atoms with Crippen LogP contribution in [0.25, 0.3) is 0 Å². The van der Waals surface area contributed by atoms with Crippen LogP contribution in [0.15, 0.2) is 18.3 Å². The van der Waals surface area contributed by atoms with Gasteiger partial charge in [0.25, 0.3) is 0 Å². The number of aromatic nitrogens is 1. The summed E-state index contributed by atoms with van der Waals surface area (Å²) in [5, 5.41) is 0. The van der Waals surface area contributed by atoms with Gasteiger partial charge in [0.15, 0.2) is 5.78 Å². The summed E-state index contributed by atoms with van der Waals surface area (Å²) in [6.45, 7) is 4.37. The average Bonchev–Trinajstić information content (AvgIpc) is 2.29. The zero-order chi connectivity index (χ0) is 12.0. The maximum absolute atomic E-state index is 11.9. The topological polar surface area (TPSA) is 65.2 Å². The number of ketones is 1. The van der Waals surface area contributed by atoms with E-state index in [0.29, 0.717) is 18.8 Å². The van der Waals surface area contributed by atoms with E-state index in [1.807, 2.05) is 19.9 Å². The molecular weight excluding hydrogens is 204 g/mol. The van der Waals surface area contributed by atoms with E-state index in [9.17, 15) is 4.79 Å². The lowest BCUT2D eigenvalue weighted by Gasteiger charge is -2.13. The second-order valence-electron chi connectivity index (χ2n) is 3.54. The largest absolute Gasteiger partial charge is 0.383 e. The Morgan fingerprint density at radius 3 is 2.88 bits per heavy atom. The van der Waals surface area contributed by atoms with Crippen molar-refractivity contribution in [3.8, 4) is 0 Å². The van der Waals surface area contributed by atoms with Gasteiger partial charge < -0.3 is 10.5 Å². The van der Waals surface area contributed by atoms with Gasteiger partial charge in [-0.1, -0.05) is 13.0 Å². The van der Waals surface area contributed by atoms with Crippen molar-refractivity contribution >= 4 is 11.6 Å². The summed E-state index contributed by atoms with van der Waals surface area (Å²) in [4.78, 5) is 15.8. The number of hydrogen-bond acceptors (Lipinski definition) is 4. The number of anilines is 1. The van der Waals surface area contributed by atoms with Crippen LogP contribution in [0.5, 0.6) is 0 Å². The Morgan fingerprint density at radius 1 is 1.56 bits per heavy atom. The lowest BCUT2D eigenvalue weighted by Crippen LogP contribution is -2.25. The fourth-order valence-electron chi connectivity index (χ4n) is 1.54. The zero-order valence-electron chi connectivity index (χ0n) is 9.77. The van der Waals surface area contributed by atoms with Crippen LogP contribution < -0.4 is 5.73 Å². The molecule has 1 heterocycles. The van der Waals surface area contributed by atoms with Gasteiger partial charge >= 0.3 is 0 Å². The highest BCUT2D eigenvalue weighted by molar-refractivity contribution is 5.86. The van der Waals surface area contributed by atoms with Crippen molar-refractivity contribution in [1.29, 1.82) is 0 Å². The zero-order valence-corrected chi connectivity index (χ0v) is 9.77. The number of carbonyl (C=O) groups excluding carboxylic acids is 1. The molecule has 88 valence electrons. The molecule has 1 aromatic rings. The lowest BCUT2D eigenvalue weighted by molar-refractivity contribution is -0.129.